The van der Waals surface area contributed by atoms with Gasteiger partial charge in [0.15, 0.2) is 0 Å². The molecule has 2 aromatic carbocycles. The van der Waals surface area contributed by atoms with Crippen molar-refractivity contribution in [3.63, 3.8) is 0 Å². The monoisotopic (exact) mass is 438 g/mol. The number of hydrogen-bond acceptors (Lipinski definition) is 4. The Labute approximate surface area is 188 Å². The van der Waals surface area contributed by atoms with Crippen molar-refractivity contribution in [2.45, 2.75) is 32.6 Å². The van der Waals surface area contributed by atoms with Gasteiger partial charge in [0.2, 0.25) is 5.91 Å². The Hall–Kier alpha value is -3.35. The quantitative estimate of drug-likeness (QED) is 0.524. The van der Waals surface area contributed by atoms with Crippen LogP contribution in [-0.4, -0.2) is 42.8 Å². The maximum absolute atomic E-state index is 12.3. The average molecular weight is 439 g/mol. The highest BCUT2D eigenvalue weighted by Gasteiger charge is 2.29. The smallest absolute Gasteiger partial charge is 0.407 e. The first-order valence-electron chi connectivity index (χ1n) is 11.0. The minimum absolute atomic E-state index is 0.0188. The predicted molar refractivity (Wildman–Crippen MR) is 121 cm³/mol. The standard InChI is InChI=1S/C25H30N2O5/c1-3-17(23(28)26-13-12-16(2)24(29)30)14-27-25(31)32-15-22-20-10-6-4-8-18(20)19-9-5-7-11-21(19)22/h4-11,16-17,22H,3,12-15H2,1-2H3,(H,26,28)(H,27,31)(H,29,30). The lowest BCUT2D eigenvalue weighted by atomic mass is 9.98. The summed E-state index contributed by atoms with van der Waals surface area (Å²) in [6, 6.07) is 16.3. The van der Waals surface area contributed by atoms with E-state index < -0.39 is 23.9 Å². The second kappa shape index (κ2) is 10.8. The summed E-state index contributed by atoms with van der Waals surface area (Å²) in [5, 5.41) is 14.3. The Balaban J connectivity index is 1.48. The summed E-state index contributed by atoms with van der Waals surface area (Å²) in [4.78, 5) is 35.5. The molecule has 2 aromatic rings. The molecule has 3 rings (SSSR count). The van der Waals surface area contributed by atoms with E-state index in [9.17, 15) is 14.4 Å². The molecule has 1 aliphatic rings. The second-order valence-corrected chi connectivity index (χ2v) is 8.13. The summed E-state index contributed by atoms with van der Waals surface area (Å²) in [5.41, 5.74) is 4.61. The highest BCUT2D eigenvalue weighted by molar-refractivity contribution is 5.80. The molecule has 7 heteroatoms. The van der Waals surface area contributed by atoms with Crippen molar-refractivity contribution >= 4 is 18.0 Å². The number of hydrogen-bond donors (Lipinski definition) is 3. The summed E-state index contributed by atoms with van der Waals surface area (Å²) in [7, 11) is 0. The molecule has 2 amide bonds. The molecule has 170 valence electrons. The summed E-state index contributed by atoms with van der Waals surface area (Å²) in [6.07, 6.45) is 0.346. The van der Waals surface area contributed by atoms with E-state index in [-0.39, 0.29) is 31.5 Å². The molecule has 2 unspecified atom stereocenters. The molecule has 0 aromatic heterocycles. The van der Waals surface area contributed by atoms with E-state index in [1.165, 1.54) is 0 Å². The first-order chi connectivity index (χ1) is 15.4. The van der Waals surface area contributed by atoms with Crippen LogP contribution < -0.4 is 10.6 Å². The zero-order chi connectivity index (χ0) is 23.1. The van der Waals surface area contributed by atoms with E-state index in [1.54, 1.807) is 6.92 Å². The van der Waals surface area contributed by atoms with Gasteiger partial charge in [-0.25, -0.2) is 4.79 Å². The molecular weight excluding hydrogens is 408 g/mol. The minimum Gasteiger partial charge on any atom is -0.481 e. The number of ether oxygens (including phenoxy) is 1. The molecule has 0 saturated heterocycles. The lowest BCUT2D eigenvalue weighted by Gasteiger charge is -2.18. The van der Waals surface area contributed by atoms with Gasteiger partial charge in [-0.05, 0) is 35.1 Å². The maximum atomic E-state index is 12.3. The van der Waals surface area contributed by atoms with E-state index in [0.717, 1.165) is 22.3 Å². The van der Waals surface area contributed by atoms with Crippen molar-refractivity contribution in [1.29, 1.82) is 0 Å². The Kier molecular flexibility index (Phi) is 7.87. The molecule has 2 atom stereocenters. The van der Waals surface area contributed by atoms with E-state index in [4.69, 9.17) is 9.84 Å². The molecule has 3 N–H and O–H groups in total. The van der Waals surface area contributed by atoms with Gasteiger partial charge in [0.1, 0.15) is 6.61 Å². The molecule has 1 aliphatic carbocycles. The first kappa shape index (κ1) is 23.3. The van der Waals surface area contributed by atoms with Gasteiger partial charge in [-0.15, -0.1) is 0 Å². The fourth-order valence-electron chi connectivity index (χ4n) is 3.96. The summed E-state index contributed by atoms with van der Waals surface area (Å²) >= 11 is 0. The van der Waals surface area contributed by atoms with Crippen molar-refractivity contribution in [3.8, 4) is 11.1 Å². The van der Waals surface area contributed by atoms with Gasteiger partial charge in [0.25, 0.3) is 0 Å². The number of nitrogens with one attached hydrogen (secondary N) is 2. The third-order valence-corrected chi connectivity index (χ3v) is 6.00. The van der Waals surface area contributed by atoms with Gasteiger partial charge >= 0.3 is 12.1 Å². The van der Waals surface area contributed by atoms with Crippen LogP contribution in [0, 0.1) is 11.8 Å². The van der Waals surface area contributed by atoms with Crippen LogP contribution in [0.25, 0.3) is 11.1 Å². The number of rotatable bonds is 10. The number of aliphatic carboxylic acids is 1. The average Bonchev–Trinajstić information content (AvgIpc) is 3.11. The van der Waals surface area contributed by atoms with Gasteiger partial charge in [0, 0.05) is 19.0 Å². The topological polar surface area (TPSA) is 105 Å². The van der Waals surface area contributed by atoms with Crippen molar-refractivity contribution in [3.05, 3.63) is 59.7 Å². The Morgan fingerprint density at radius 1 is 1.00 bits per heavy atom. The number of alkyl carbamates (subject to hydrolysis) is 1. The van der Waals surface area contributed by atoms with E-state index in [2.05, 4.69) is 34.9 Å². The van der Waals surface area contributed by atoms with E-state index >= 15 is 0 Å². The Morgan fingerprint density at radius 3 is 2.16 bits per heavy atom. The fraction of sp³-hybridized carbons (Fsp3) is 0.400. The molecule has 0 heterocycles. The third kappa shape index (κ3) is 5.46. The Morgan fingerprint density at radius 2 is 1.59 bits per heavy atom. The lowest BCUT2D eigenvalue weighted by molar-refractivity contribution is -0.141. The number of fused-ring (bicyclic) bond motifs is 3. The van der Waals surface area contributed by atoms with Crippen molar-refractivity contribution in [1.82, 2.24) is 10.6 Å². The minimum atomic E-state index is -0.886. The van der Waals surface area contributed by atoms with Crippen molar-refractivity contribution in [2.24, 2.45) is 11.8 Å². The van der Waals surface area contributed by atoms with E-state index in [1.807, 2.05) is 31.2 Å². The SMILES string of the molecule is CCC(CNC(=O)OCC1c2ccccc2-c2ccccc21)C(=O)NCCC(C)C(=O)O. The fourth-order valence-corrected chi connectivity index (χ4v) is 3.96. The van der Waals surface area contributed by atoms with Gasteiger partial charge in [0.05, 0.1) is 11.8 Å². The van der Waals surface area contributed by atoms with Crippen molar-refractivity contribution < 1.29 is 24.2 Å². The van der Waals surface area contributed by atoms with Crippen LogP contribution in [0.4, 0.5) is 4.79 Å². The van der Waals surface area contributed by atoms with Crippen LogP contribution in [-0.2, 0) is 14.3 Å². The predicted octanol–water partition coefficient (Wildman–Crippen LogP) is 3.78. The number of benzene rings is 2. The summed E-state index contributed by atoms with van der Waals surface area (Å²) in [6.45, 7) is 4.13. The normalized spacial score (nSPS) is 14.1. The summed E-state index contributed by atoms with van der Waals surface area (Å²) in [5.74, 6) is -2.04. The molecule has 0 fully saturated rings. The Bertz CT molecular complexity index is 929. The van der Waals surface area contributed by atoms with Crippen LogP contribution in [0.3, 0.4) is 0 Å². The molecule has 0 aliphatic heterocycles. The third-order valence-electron chi connectivity index (χ3n) is 6.00. The van der Waals surface area contributed by atoms with Gasteiger partial charge < -0.3 is 20.5 Å². The summed E-state index contributed by atoms with van der Waals surface area (Å²) < 4.78 is 5.51. The zero-order valence-electron chi connectivity index (χ0n) is 18.5. The zero-order valence-corrected chi connectivity index (χ0v) is 18.5. The van der Waals surface area contributed by atoms with Crippen molar-refractivity contribution in [2.75, 3.05) is 19.7 Å². The van der Waals surface area contributed by atoms with Crippen LogP contribution >= 0.6 is 0 Å². The van der Waals surface area contributed by atoms with Gasteiger partial charge in [-0.3, -0.25) is 9.59 Å². The largest absolute Gasteiger partial charge is 0.481 e. The van der Waals surface area contributed by atoms with Gasteiger partial charge in [-0.2, -0.15) is 0 Å². The highest BCUT2D eigenvalue weighted by atomic mass is 16.5. The maximum Gasteiger partial charge on any atom is 0.407 e. The number of carbonyl (C=O) groups is 3. The number of amides is 2. The van der Waals surface area contributed by atoms with Crippen LogP contribution in [0.15, 0.2) is 48.5 Å². The molecule has 0 spiro atoms. The molecule has 7 nitrogen and oxygen atoms in total. The highest BCUT2D eigenvalue weighted by Crippen LogP contribution is 2.44. The molecule has 0 radical (unpaired) electrons. The van der Waals surface area contributed by atoms with Gasteiger partial charge in [-0.1, -0.05) is 62.4 Å². The van der Waals surface area contributed by atoms with Crippen LogP contribution in [0.5, 0.6) is 0 Å². The number of carboxylic acid groups (broad SMARTS) is 1. The second-order valence-electron chi connectivity index (χ2n) is 8.13. The lowest BCUT2D eigenvalue weighted by Crippen LogP contribution is -2.39. The van der Waals surface area contributed by atoms with Crippen LogP contribution in [0.2, 0.25) is 0 Å². The first-order valence-corrected chi connectivity index (χ1v) is 11.0. The molecule has 0 bridgehead atoms. The van der Waals surface area contributed by atoms with E-state index in [0.29, 0.717) is 12.8 Å². The number of carbonyl (C=O) groups excluding carboxylic acids is 2. The molecule has 32 heavy (non-hydrogen) atoms. The molecular formula is C25H30N2O5. The van der Waals surface area contributed by atoms with Crippen LogP contribution in [0.1, 0.15) is 43.7 Å². The molecule has 0 saturated carbocycles. The number of carboxylic acids is 1.